The Hall–Kier alpha value is -1.31. The topological polar surface area (TPSA) is 20.3 Å². The molecule has 0 aromatic heterocycles. The van der Waals surface area contributed by atoms with Crippen molar-refractivity contribution in [2.75, 3.05) is 11.4 Å². The maximum atomic E-state index is 12.2. The second kappa shape index (κ2) is 5.35. The van der Waals surface area contributed by atoms with Crippen LogP contribution in [0, 0.1) is 5.92 Å². The fraction of sp³-hybridized carbons (Fsp3) is 0.533. The predicted molar refractivity (Wildman–Crippen MR) is 71.2 cm³/mol. The quantitative estimate of drug-likeness (QED) is 0.780. The zero-order valence-corrected chi connectivity index (χ0v) is 10.8. The van der Waals surface area contributed by atoms with Gasteiger partial charge < -0.3 is 4.90 Å². The van der Waals surface area contributed by atoms with Crippen molar-refractivity contribution in [3.8, 4) is 0 Å². The van der Waals surface area contributed by atoms with Crippen molar-refractivity contribution in [1.29, 1.82) is 0 Å². The highest BCUT2D eigenvalue weighted by molar-refractivity contribution is 5.94. The molecule has 0 saturated heterocycles. The Morgan fingerprint density at radius 3 is 2.94 bits per heavy atom. The molecule has 2 nitrogen and oxygen atoms in total. The molecule has 1 amide bonds. The number of carbonyl (C=O) groups excluding carboxylic acids is 1. The molecule has 1 aromatic carbocycles. The van der Waals surface area contributed by atoms with E-state index in [1.165, 1.54) is 5.56 Å². The van der Waals surface area contributed by atoms with Crippen LogP contribution in [0.2, 0.25) is 0 Å². The van der Waals surface area contributed by atoms with E-state index in [0.29, 0.717) is 12.3 Å². The zero-order chi connectivity index (χ0) is 12.3. The number of amides is 1. The fourth-order valence-electron chi connectivity index (χ4n) is 2.50. The van der Waals surface area contributed by atoms with Crippen molar-refractivity contribution >= 4 is 11.6 Å². The first-order valence-electron chi connectivity index (χ1n) is 6.60. The Morgan fingerprint density at radius 2 is 2.18 bits per heavy atom. The summed E-state index contributed by atoms with van der Waals surface area (Å²) in [5.41, 5.74) is 2.45. The van der Waals surface area contributed by atoms with Crippen molar-refractivity contribution in [3.63, 3.8) is 0 Å². The third-order valence-electron chi connectivity index (χ3n) is 3.39. The van der Waals surface area contributed by atoms with Gasteiger partial charge in [-0.25, -0.2) is 0 Å². The number of benzene rings is 1. The lowest BCUT2D eigenvalue weighted by Gasteiger charge is -2.33. The van der Waals surface area contributed by atoms with Crippen molar-refractivity contribution in [3.05, 3.63) is 29.8 Å². The van der Waals surface area contributed by atoms with Crippen LogP contribution in [0.25, 0.3) is 0 Å². The Morgan fingerprint density at radius 1 is 1.41 bits per heavy atom. The number of carbonyl (C=O) groups is 1. The van der Waals surface area contributed by atoms with E-state index >= 15 is 0 Å². The number of para-hydroxylation sites is 1. The first-order chi connectivity index (χ1) is 8.22. The number of rotatable bonds is 3. The number of hydrogen-bond acceptors (Lipinski definition) is 1. The van der Waals surface area contributed by atoms with Crippen LogP contribution in [0.1, 0.15) is 38.7 Å². The van der Waals surface area contributed by atoms with Crippen LogP contribution in [0.4, 0.5) is 5.69 Å². The van der Waals surface area contributed by atoms with E-state index in [1.54, 1.807) is 0 Å². The SMILES string of the molecule is CCCCC(=O)N1CC(C)Cc2ccccc21. The maximum Gasteiger partial charge on any atom is 0.226 e. The minimum atomic E-state index is 0.283. The van der Waals surface area contributed by atoms with E-state index < -0.39 is 0 Å². The van der Waals surface area contributed by atoms with Gasteiger partial charge in [0.25, 0.3) is 0 Å². The predicted octanol–water partition coefficient (Wildman–Crippen LogP) is 3.40. The molecule has 0 saturated carbocycles. The van der Waals surface area contributed by atoms with E-state index in [2.05, 4.69) is 32.0 Å². The summed E-state index contributed by atoms with van der Waals surface area (Å²) in [5.74, 6) is 0.848. The van der Waals surface area contributed by atoms with Gasteiger partial charge in [-0.05, 0) is 30.4 Å². The van der Waals surface area contributed by atoms with Crippen LogP contribution in [0.15, 0.2) is 24.3 Å². The molecule has 1 heterocycles. The molecule has 1 atom stereocenters. The second-order valence-electron chi connectivity index (χ2n) is 5.05. The first-order valence-corrected chi connectivity index (χ1v) is 6.60. The summed E-state index contributed by atoms with van der Waals surface area (Å²) in [6.07, 6.45) is 3.84. The van der Waals surface area contributed by atoms with Gasteiger partial charge in [-0.3, -0.25) is 4.79 Å². The van der Waals surface area contributed by atoms with Crippen LogP contribution in [0.3, 0.4) is 0 Å². The van der Waals surface area contributed by atoms with E-state index in [4.69, 9.17) is 0 Å². The molecule has 0 radical (unpaired) electrons. The molecular weight excluding hydrogens is 210 g/mol. The maximum absolute atomic E-state index is 12.2. The third-order valence-corrected chi connectivity index (χ3v) is 3.39. The highest BCUT2D eigenvalue weighted by Crippen LogP contribution is 2.29. The molecule has 2 rings (SSSR count). The zero-order valence-electron chi connectivity index (χ0n) is 10.8. The van der Waals surface area contributed by atoms with E-state index in [0.717, 1.165) is 31.5 Å². The molecule has 1 unspecified atom stereocenters. The Bertz CT molecular complexity index is 400. The van der Waals surface area contributed by atoms with Gasteiger partial charge in [0.05, 0.1) is 0 Å². The summed E-state index contributed by atoms with van der Waals surface area (Å²) >= 11 is 0. The van der Waals surface area contributed by atoms with E-state index in [9.17, 15) is 4.79 Å². The van der Waals surface area contributed by atoms with Crippen LogP contribution < -0.4 is 4.90 Å². The van der Waals surface area contributed by atoms with E-state index in [1.807, 2.05) is 11.0 Å². The minimum absolute atomic E-state index is 0.283. The van der Waals surface area contributed by atoms with Gasteiger partial charge in [-0.15, -0.1) is 0 Å². The lowest BCUT2D eigenvalue weighted by Crippen LogP contribution is -2.39. The van der Waals surface area contributed by atoms with Crippen LogP contribution >= 0.6 is 0 Å². The Balaban J connectivity index is 2.20. The summed E-state index contributed by atoms with van der Waals surface area (Å²) in [4.78, 5) is 14.2. The smallest absolute Gasteiger partial charge is 0.226 e. The molecule has 0 fully saturated rings. The highest BCUT2D eigenvalue weighted by Gasteiger charge is 2.25. The summed E-state index contributed by atoms with van der Waals surface area (Å²) in [7, 11) is 0. The van der Waals surface area contributed by atoms with Crippen LogP contribution in [0.5, 0.6) is 0 Å². The number of fused-ring (bicyclic) bond motifs is 1. The van der Waals surface area contributed by atoms with Crippen molar-refractivity contribution in [2.24, 2.45) is 5.92 Å². The number of unbranched alkanes of at least 4 members (excludes halogenated alkanes) is 1. The molecule has 92 valence electrons. The minimum Gasteiger partial charge on any atom is -0.312 e. The average Bonchev–Trinajstić information content (AvgIpc) is 2.34. The second-order valence-corrected chi connectivity index (χ2v) is 5.05. The van der Waals surface area contributed by atoms with Gasteiger partial charge in [-0.1, -0.05) is 38.5 Å². The summed E-state index contributed by atoms with van der Waals surface area (Å²) < 4.78 is 0. The lowest BCUT2D eigenvalue weighted by atomic mass is 9.93. The molecule has 0 aliphatic carbocycles. The Kier molecular flexibility index (Phi) is 3.82. The van der Waals surface area contributed by atoms with Crippen LogP contribution in [-0.2, 0) is 11.2 Å². The van der Waals surface area contributed by atoms with Gasteiger partial charge in [-0.2, -0.15) is 0 Å². The van der Waals surface area contributed by atoms with Gasteiger partial charge in [0.15, 0.2) is 0 Å². The van der Waals surface area contributed by atoms with Gasteiger partial charge in [0, 0.05) is 18.7 Å². The number of anilines is 1. The molecule has 17 heavy (non-hydrogen) atoms. The van der Waals surface area contributed by atoms with E-state index in [-0.39, 0.29) is 5.91 Å². The van der Waals surface area contributed by atoms with Crippen LogP contribution in [-0.4, -0.2) is 12.5 Å². The summed E-state index contributed by atoms with van der Waals surface area (Å²) in [6, 6.07) is 8.30. The van der Waals surface area contributed by atoms with Gasteiger partial charge in [0.2, 0.25) is 5.91 Å². The van der Waals surface area contributed by atoms with Gasteiger partial charge >= 0.3 is 0 Å². The standard InChI is InChI=1S/C15H21NO/c1-3-4-9-15(17)16-11-12(2)10-13-7-5-6-8-14(13)16/h5-8,12H,3-4,9-11H2,1-2H3. The molecule has 2 heteroatoms. The average molecular weight is 231 g/mol. The van der Waals surface area contributed by atoms with Gasteiger partial charge in [0.1, 0.15) is 0 Å². The highest BCUT2D eigenvalue weighted by atomic mass is 16.2. The van der Waals surface area contributed by atoms with Crippen molar-refractivity contribution < 1.29 is 4.79 Å². The fourth-order valence-corrected chi connectivity index (χ4v) is 2.50. The summed E-state index contributed by atoms with van der Waals surface area (Å²) in [5, 5.41) is 0. The van der Waals surface area contributed by atoms with Crippen molar-refractivity contribution in [1.82, 2.24) is 0 Å². The molecule has 1 aliphatic rings. The molecule has 1 aliphatic heterocycles. The first kappa shape index (κ1) is 12.2. The molecule has 1 aromatic rings. The molecule has 0 N–H and O–H groups in total. The monoisotopic (exact) mass is 231 g/mol. The molecule has 0 spiro atoms. The number of hydrogen-bond donors (Lipinski definition) is 0. The summed E-state index contributed by atoms with van der Waals surface area (Å²) in [6.45, 7) is 5.22. The molecule has 0 bridgehead atoms. The third kappa shape index (κ3) is 2.68. The molecular formula is C15H21NO. The lowest BCUT2D eigenvalue weighted by molar-refractivity contribution is -0.118. The number of nitrogens with zero attached hydrogens (tertiary/aromatic N) is 1. The Labute approximate surface area is 104 Å². The normalized spacial score (nSPS) is 18.9. The van der Waals surface area contributed by atoms with Crippen molar-refractivity contribution in [2.45, 2.75) is 39.5 Å². The largest absolute Gasteiger partial charge is 0.312 e.